The fourth-order valence-corrected chi connectivity index (χ4v) is 5.97. The maximum atomic E-state index is 11.2. The minimum atomic E-state index is -0.589. The summed E-state index contributed by atoms with van der Waals surface area (Å²) in [6, 6.07) is 20.3. The van der Waals surface area contributed by atoms with Gasteiger partial charge in [-0.3, -0.25) is 4.98 Å². The zero-order chi connectivity index (χ0) is 24.1. The minimum absolute atomic E-state index is 0.121. The second-order valence-corrected chi connectivity index (χ2v) is 10.3. The predicted octanol–water partition coefficient (Wildman–Crippen LogP) is 3.84. The maximum absolute atomic E-state index is 11.2. The molecule has 0 spiro atoms. The van der Waals surface area contributed by atoms with E-state index in [4.69, 9.17) is 4.74 Å². The highest BCUT2D eigenvalue weighted by Crippen LogP contribution is 2.45. The fourth-order valence-electron chi connectivity index (χ4n) is 5.97. The predicted molar refractivity (Wildman–Crippen MR) is 135 cm³/mol. The van der Waals surface area contributed by atoms with E-state index in [-0.39, 0.29) is 12.5 Å². The molecule has 6 heteroatoms. The topological polar surface area (TPSA) is 78.7 Å². The summed E-state index contributed by atoms with van der Waals surface area (Å²) in [6.07, 6.45) is 6.59. The molecule has 2 aromatic carbocycles. The summed E-state index contributed by atoms with van der Waals surface area (Å²) in [6.45, 7) is 3.42. The average Bonchev–Trinajstić information content (AvgIpc) is 3.38. The summed E-state index contributed by atoms with van der Waals surface area (Å²) in [4.78, 5) is 11.6. The van der Waals surface area contributed by atoms with Crippen LogP contribution in [0.1, 0.15) is 42.0 Å². The van der Waals surface area contributed by atoms with Gasteiger partial charge in [0.1, 0.15) is 6.61 Å². The van der Waals surface area contributed by atoms with Crippen LogP contribution >= 0.6 is 0 Å². The van der Waals surface area contributed by atoms with Gasteiger partial charge in [-0.1, -0.05) is 60.7 Å². The first kappa shape index (κ1) is 23.9. The van der Waals surface area contributed by atoms with Crippen molar-refractivity contribution in [3.8, 4) is 5.88 Å². The third-order valence-electron chi connectivity index (χ3n) is 7.56. The lowest BCUT2D eigenvalue weighted by atomic mass is 9.91. The lowest BCUT2D eigenvalue weighted by molar-refractivity contribution is 0.0351. The van der Waals surface area contributed by atoms with Gasteiger partial charge in [0.2, 0.25) is 5.88 Å². The van der Waals surface area contributed by atoms with E-state index >= 15 is 0 Å². The van der Waals surface area contributed by atoms with Gasteiger partial charge in [-0.2, -0.15) is 0 Å². The van der Waals surface area contributed by atoms with Crippen LogP contribution in [0.3, 0.4) is 0 Å². The summed E-state index contributed by atoms with van der Waals surface area (Å²) in [5.41, 5.74) is 2.61. The number of aromatic nitrogens is 2. The van der Waals surface area contributed by atoms with Crippen molar-refractivity contribution in [3.05, 3.63) is 89.9 Å². The van der Waals surface area contributed by atoms with Crippen molar-refractivity contribution >= 4 is 0 Å². The number of aliphatic hydroxyl groups is 2. The molecule has 1 saturated carbocycles. The minimum Gasteiger partial charge on any atom is -0.472 e. The van der Waals surface area contributed by atoms with Crippen LogP contribution in [0.25, 0.3) is 0 Å². The molecule has 2 fully saturated rings. The highest BCUT2D eigenvalue weighted by molar-refractivity contribution is 5.19. The molecular weight excluding hydrogens is 438 g/mol. The highest BCUT2D eigenvalue weighted by Gasteiger charge is 2.48. The van der Waals surface area contributed by atoms with Gasteiger partial charge in [0, 0.05) is 38.6 Å². The van der Waals surface area contributed by atoms with Crippen LogP contribution in [0.15, 0.2) is 73.1 Å². The van der Waals surface area contributed by atoms with E-state index in [9.17, 15) is 10.2 Å². The average molecular weight is 474 g/mol. The van der Waals surface area contributed by atoms with Gasteiger partial charge in [0.25, 0.3) is 0 Å². The molecule has 2 unspecified atom stereocenters. The van der Waals surface area contributed by atoms with Gasteiger partial charge in [-0.15, -0.1) is 0 Å². The molecule has 2 heterocycles. The van der Waals surface area contributed by atoms with E-state index in [2.05, 4.69) is 27.0 Å². The smallest absolute Gasteiger partial charge is 0.232 e. The van der Waals surface area contributed by atoms with E-state index in [1.807, 2.05) is 48.5 Å². The van der Waals surface area contributed by atoms with Crippen LogP contribution < -0.4 is 4.74 Å². The molecule has 184 valence electrons. The van der Waals surface area contributed by atoms with Crippen LogP contribution in [0.2, 0.25) is 0 Å². The molecule has 35 heavy (non-hydrogen) atoms. The standard InChI is InChI=1S/C29H35N3O3/c33-12-11-24(27-16-31-28(17-30-27)35-21-23-9-5-2-6-10-23)18-32-19-25-14-29(34,15-26(25)20-32)13-22-7-3-1-4-8-22/h1-10,16-17,24-26,33-34H,11-15,18-21H2/t24?,25-,26+,29?. The molecule has 0 amide bonds. The van der Waals surface area contributed by atoms with Crippen molar-refractivity contribution < 1.29 is 14.9 Å². The zero-order valence-electron chi connectivity index (χ0n) is 20.2. The van der Waals surface area contributed by atoms with Crippen LogP contribution in [0.5, 0.6) is 5.88 Å². The van der Waals surface area contributed by atoms with Crippen LogP contribution in [0.4, 0.5) is 0 Å². The number of hydrogen-bond donors (Lipinski definition) is 2. The van der Waals surface area contributed by atoms with Crippen molar-refractivity contribution in [2.45, 2.75) is 43.8 Å². The Morgan fingerprint density at radius 1 is 0.914 bits per heavy atom. The molecule has 6 nitrogen and oxygen atoms in total. The second kappa shape index (κ2) is 10.9. The van der Waals surface area contributed by atoms with Gasteiger partial charge in [-0.25, -0.2) is 4.98 Å². The first-order chi connectivity index (χ1) is 17.1. The number of likely N-dealkylation sites (tertiary alicyclic amines) is 1. The molecule has 2 aliphatic rings. The third-order valence-corrected chi connectivity index (χ3v) is 7.56. The quantitative estimate of drug-likeness (QED) is 0.466. The third kappa shape index (κ3) is 6.07. The second-order valence-electron chi connectivity index (χ2n) is 10.3. The molecule has 1 aromatic heterocycles. The number of hydrogen-bond acceptors (Lipinski definition) is 6. The lowest BCUT2D eigenvalue weighted by Gasteiger charge is -2.28. The Bertz CT molecular complexity index is 1050. The Kier molecular flexibility index (Phi) is 7.42. The van der Waals surface area contributed by atoms with Gasteiger partial charge in [-0.05, 0) is 42.2 Å². The summed E-state index contributed by atoms with van der Waals surface area (Å²) in [5.74, 6) is 1.68. The van der Waals surface area contributed by atoms with E-state index in [1.54, 1.807) is 12.4 Å². The first-order valence-corrected chi connectivity index (χ1v) is 12.7. The maximum Gasteiger partial charge on any atom is 0.232 e. The zero-order valence-corrected chi connectivity index (χ0v) is 20.2. The molecule has 5 rings (SSSR count). The van der Waals surface area contributed by atoms with Crippen molar-refractivity contribution in [1.29, 1.82) is 0 Å². The highest BCUT2D eigenvalue weighted by atomic mass is 16.5. The molecule has 4 atom stereocenters. The van der Waals surface area contributed by atoms with E-state index in [0.29, 0.717) is 30.7 Å². The molecular formula is C29H35N3O3. The summed E-state index contributed by atoms with van der Waals surface area (Å²) in [5, 5.41) is 20.9. The Morgan fingerprint density at radius 2 is 1.57 bits per heavy atom. The molecule has 0 radical (unpaired) electrons. The number of aliphatic hydroxyl groups excluding tert-OH is 1. The molecule has 2 N–H and O–H groups in total. The van der Waals surface area contributed by atoms with Crippen molar-refractivity contribution in [2.24, 2.45) is 11.8 Å². The first-order valence-electron chi connectivity index (χ1n) is 12.7. The van der Waals surface area contributed by atoms with E-state index in [0.717, 1.165) is 50.2 Å². The number of benzene rings is 2. The van der Waals surface area contributed by atoms with Crippen LogP contribution in [-0.2, 0) is 13.0 Å². The molecule has 1 aliphatic heterocycles. The summed E-state index contributed by atoms with van der Waals surface area (Å²) < 4.78 is 5.78. The largest absolute Gasteiger partial charge is 0.472 e. The SMILES string of the molecule is OCCC(CN1C[C@@H]2CC(O)(Cc3ccccc3)C[C@@H]2C1)c1cnc(OCc2ccccc2)cn1. The Hall–Kier alpha value is -2.80. The summed E-state index contributed by atoms with van der Waals surface area (Å²) >= 11 is 0. The van der Waals surface area contributed by atoms with Crippen molar-refractivity contribution in [2.75, 3.05) is 26.2 Å². The number of nitrogens with zero attached hydrogens (tertiary/aromatic N) is 3. The molecule has 0 bridgehead atoms. The molecule has 1 saturated heterocycles. The fraction of sp³-hybridized carbons (Fsp3) is 0.448. The monoisotopic (exact) mass is 473 g/mol. The molecule has 1 aliphatic carbocycles. The number of ether oxygens (including phenoxy) is 1. The Morgan fingerprint density at radius 3 is 2.17 bits per heavy atom. The normalized spacial score (nSPS) is 24.9. The van der Waals surface area contributed by atoms with Crippen LogP contribution in [-0.4, -0.2) is 56.9 Å². The number of fused-ring (bicyclic) bond motifs is 1. The van der Waals surface area contributed by atoms with Gasteiger partial charge < -0.3 is 19.8 Å². The van der Waals surface area contributed by atoms with E-state index in [1.165, 1.54) is 5.56 Å². The van der Waals surface area contributed by atoms with Crippen molar-refractivity contribution in [3.63, 3.8) is 0 Å². The van der Waals surface area contributed by atoms with E-state index < -0.39 is 5.60 Å². The Balaban J connectivity index is 1.15. The van der Waals surface area contributed by atoms with Gasteiger partial charge >= 0.3 is 0 Å². The van der Waals surface area contributed by atoms with Gasteiger partial charge in [0.15, 0.2) is 0 Å². The number of rotatable bonds is 10. The molecule has 3 aromatic rings. The van der Waals surface area contributed by atoms with Crippen LogP contribution in [0, 0.1) is 11.8 Å². The summed E-state index contributed by atoms with van der Waals surface area (Å²) in [7, 11) is 0. The Labute approximate surface area is 207 Å². The van der Waals surface area contributed by atoms with Gasteiger partial charge in [0.05, 0.1) is 23.7 Å². The van der Waals surface area contributed by atoms with Crippen molar-refractivity contribution in [1.82, 2.24) is 14.9 Å². The lowest BCUT2D eigenvalue weighted by Crippen LogP contribution is -2.33.